The maximum absolute atomic E-state index is 4.69. The Bertz CT molecular complexity index is 746. The number of aryl methyl sites for hydroxylation is 2. The molecule has 0 spiro atoms. The summed E-state index contributed by atoms with van der Waals surface area (Å²) in [7, 11) is 0. The predicted octanol–water partition coefficient (Wildman–Crippen LogP) is 8.59. The Labute approximate surface area is 191 Å². The topological polar surface area (TPSA) is 25.8 Å². The summed E-state index contributed by atoms with van der Waals surface area (Å²) < 4.78 is 0. The van der Waals surface area contributed by atoms with E-state index in [1.807, 2.05) is 0 Å². The van der Waals surface area contributed by atoms with Gasteiger partial charge in [0.15, 0.2) is 0 Å². The van der Waals surface area contributed by atoms with Crippen LogP contribution >= 0.6 is 0 Å². The molecule has 1 aliphatic carbocycles. The molecule has 31 heavy (non-hydrogen) atoms. The van der Waals surface area contributed by atoms with Gasteiger partial charge in [-0.25, -0.2) is 9.97 Å². The second-order valence-corrected chi connectivity index (χ2v) is 9.74. The van der Waals surface area contributed by atoms with Gasteiger partial charge in [-0.15, -0.1) is 0 Å². The highest BCUT2D eigenvalue weighted by Gasteiger charge is 2.21. The Kier molecular flexibility index (Phi) is 10.6. The summed E-state index contributed by atoms with van der Waals surface area (Å²) in [5.74, 6) is 1.89. The van der Waals surface area contributed by atoms with Crippen molar-refractivity contribution in [3.63, 3.8) is 0 Å². The Balaban J connectivity index is 1.41. The third-order valence-corrected chi connectivity index (χ3v) is 7.45. The van der Waals surface area contributed by atoms with E-state index in [0.29, 0.717) is 0 Å². The first-order chi connectivity index (χ1) is 15.3. The molecular weight excluding hydrogens is 376 g/mol. The molecule has 0 radical (unpaired) electrons. The van der Waals surface area contributed by atoms with Crippen molar-refractivity contribution >= 4 is 0 Å². The maximum Gasteiger partial charge on any atom is 0.116 e. The molecule has 0 saturated heterocycles. The van der Waals surface area contributed by atoms with E-state index in [9.17, 15) is 0 Å². The average Bonchev–Trinajstić information content (AvgIpc) is 2.83. The fraction of sp³-hybridized carbons (Fsp3) is 0.655. The van der Waals surface area contributed by atoms with Crippen LogP contribution in [0.2, 0.25) is 0 Å². The van der Waals surface area contributed by atoms with Gasteiger partial charge in [0.25, 0.3) is 0 Å². The maximum atomic E-state index is 4.69. The molecule has 2 nitrogen and oxygen atoms in total. The van der Waals surface area contributed by atoms with Crippen molar-refractivity contribution < 1.29 is 0 Å². The molecule has 1 aromatic carbocycles. The monoisotopic (exact) mass is 420 g/mol. The van der Waals surface area contributed by atoms with Crippen LogP contribution in [-0.2, 0) is 12.8 Å². The minimum Gasteiger partial charge on any atom is -0.244 e. The predicted molar refractivity (Wildman–Crippen MR) is 133 cm³/mol. The summed E-state index contributed by atoms with van der Waals surface area (Å²) in [5.41, 5.74) is 5.16. The molecule has 1 heterocycles. The molecule has 1 saturated carbocycles. The number of hydrogen-bond acceptors (Lipinski definition) is 2. The van der Waals surface area contributed by atoms with Gasteiger partial charge in [-0.1, -0.05) is 115 Å². The van der Waals surface area contributed by atoms with E-state index >= 15 is 0 Å². The zero-order valence-corrected chi connectivity index (χ0v) is 20.1. The molecule has 2 heteroatoms. The Morgan fingerprint density at radius 1 is 0.774 bits per heavy atom. The van der Waals surface area contributed by atoms with Crippen molar-refractivity contribution in [2.75, 3.05) is 0 Å². The highest BCUT2D eigenvalue weighted by molar-refractivity contribution is 5.66. The molecule has 1 aliphatic rings. The molecule has 3 rings (SSSR count). The van der Waals surface area contributed by atoms with Crippen LogP contribution in [0.4, 0.5) is 0 Å². The van der Waals surface area contributed by atoms with Gasteiger partial charge in [0.05, 0.1) is 5.69 Å². The van der Waals surface area contributed by atoms with Crippen LogP contribution in [0, 0.1) is 11.8 Å². The number of hydrogen-bond donors (Lipinski definition) is 0. The molecule has 1 fully saturated rings. The van der Waals surface area contributed by atoms with Gasteiger partial charge in [0.1, 0.15) is 6.33 Å². The van der Waals surface area contributed by atoms with Crippen LogP contribution in [0.3, 0.4) is 0 Å². The Morgan fingerprint density at radius 3 is 2.19 bits per heavy atom. The van der Waals surface area contributed by atoms with Gasteiger partial charge in [-0.05, 0) is 42.2 Å². The molecule has 2 aromatic rings. The van der Waals surface area contributed by atoms with Gasteiger partial charge in [0.2, 0.25) is 0 Å². The summed E-state index contributed by atoms with van der Waals surface area (Å²) >= 11 is 0. The van der Waals surface area contributed by atoms with Crippen molar-refractivity contribution in [3.05, 3.63) is 47.9 Å². The number of rotatable bonds is 13. The molecule has 1 aromatic heterocycles. The lowest BCUT2D eigenvalue weighted by atomic mass is 9.77. The summed E-state index contributed by atoms with van der Waals surface area (Å²) in [4.78, 5) is 9.04. The van der Waals surface area contributed by atoms with Crippen molar-refractivity contribution in [2.45, 2.75) is 110 Å². The average molecular weight is 421 g/mol. The van der Waals surface area contributed by atoms with Gasteiger partial charge in [-0.3, -0.25) is 0 Å². The standard InChI is InChI=1S/C29H44N2/c1-3-5-6-7-8-9-10-13-24-16-18-25(19-17-24)20-21-27-22-30-23-31-29(27)28-15-12-11-14-26(28)4-2/h11-12,14-15,22-25H,3-10,13,16-21H2,1-2H3. The number of aromatic nitrogens is 2. The first kappa shape index (κ1) is 24.0. The van der Waals surface area contributed by atoms with Gasteiger partial charge in [-0.2, -0.15) is 0 Å². The molecule has 0 atom stereocenters. The lowest BCUT2D eigenvalue weighted by molar-refractivity contribution is 0.248. The fourth-order valence-electron chi connectivity index (χ4n) is 5.40. The molecular formula is C29H44N2. The summed E-state index contributed by atoms with van der Waals surface area (Å²) in [6, 6.07) is 8.72. The normalized spacial score (nSPS) is 18.9. The van der Waals surface area contributed by atoms with Crippen molar-refractivity contribution in [3.8, 4) is 11.3 Å². The van der Waals surface area contributed by atoms with E-state index in [0.717, 1.165) is 30.4 Å². The number of unbranched alkanes of at least 4 members (excludes halogenated alkanes) is 6. The van der Waals surface area contributed by atoms with Crippen molar-refractivity contribution in [2.24, 2.45) is 11.8 Å². The van der Waals surface area contributed by atoms with Crippen LogP contribution in [0.25, 0.3) is 11.3 Å². The minimum atomic E-state index is 0.889. The summed E-state index contributed by atoms with van der Waals surface area (Å²) in [5, 5.41) is 0. The van der Waals surface area contributed by atoms with E-state index in [1.165, 1.54) is 100 Å². The first-order valence-electron chi connectivity index (χ1n) is 13.2. The minimum absolute atomic E-state index is 0.889. The second kappa shape index (κ2) is 13.7. The fourth-order valence-corrected chi connectivity index (χ4v) is 5.40. The quantitative estimate of drug-likeness (QED) is 0.303. The summed E-state index contributed by atoms with van der Waals surface area (Å²) in [6.45, 7) is 4.53. The highest BCUT2D eigenvalue weighted by atomic mass is 14.8. The van der Waals surface area contributed by atoms with Crippen LogP contribution in [0.15, 0.2) is 36.8 Å². The number of benzene rings is 1. The van der Waals surface area contributed by atoms with E-state index in [2.05, 4.69) is 54.3 Å². The van der Waals surface area contributed by atoms with Crippen molar-refractivity contribution in [1.29, 1.82) is 0 Å². The van der Waals surface area contributed by atoms with E-state index in [-0.39, 0.29) is 0 Å². The highest BCUT2D eigenvalue weighted by Crippen LogP contribution is 2.35. The molecule has 170 valence electrons. The van der Waals surface area contributed by atoms with Gasteiger partial charge >= 0.3 is 0 Å². The van der Waals surface area contributed by atoms with E-state index in [4.69, 9.17) is 0 Å². The molecule has 0 unspecified atom stereocenters. The van der Waals surface area contributed by atoms with Gasteiger partial charge in [0, 0.05) is 11.8 Å². The lowest BCUT2D eigenvalue weighted by Gasteiger charge is -2.28. The third-order valence-electron chi connectivity index (χ3n) is 7.45. The van der Waals surface area contributed by atoms with Crippen LogP contribution in [0.5, 0.6) is 0 Å². The van der Waals surface area contributed by atoms with Crippen LogP contribution in [0.1, 0.15) is 108 Å². The third kappa shape index (κ3) is 7.74. The van der Waals surface area contributed by atoms with E-state index < -0.39 is 0 Å². The molecule has 0 N–H and O–H groups in total. The lowest BCUT2D eigenvalue weighted by Crippen LogP contribution is -2.15. The first-order valence-corrected chi connectivity index (χ1v) is 13.2. The number of nitrogens with zero attached hydrogens (tertiary/aromatic N) is 2. The van der Waals surface area contributed by atoms with Crippen LogP contribution < -0.4 is 0 Å². The smallest absolute Gasteiger partial charge is 0.116 e. The Morgan fingerprint density at radius 2 is 1.45 bits per heavy atom. The van der Waals surface area contributed by atoms with Gasteiger partial charge < -0.3 is 0 Å². The molecule has 0 aliphatic heterocycles. The van der Waals surface area contributed by atoms with Crippen molar-refractivity contribution in [1.82, 2.24) is 9.97 Å². The SMILES string of the molecule is CCCCCCCCCC1CCC(CCc2cncnc2-c2ccccc2CC)CC1. The Hall–Kier alpha value is -1.70. The largest absolute Gasteiger partial charge is 0.244 e. The molecule has 0 amide bonds. The van der Waals surface area contributed by atoms with Crippen LogP contribution in [-0.4, -0.2) is 9.97 Å². The second-order valence-electron chi connectivity index (χ2n) is 9.74. The zero-order chi connectivity index (χ0) is 21.7. The van der Waals surface area contributed by atoms with E-state index in [1.54, 1.807) is 6.33 Å². The zero-order valence-electron chi connectivity index (χ0n) is 20.1. The molecule has 0 bridgehead atoms. The summed E-state index contributed by atoms with van der Waals surface area (Å²) in [6.07, 6.45) is 24.5.